The Hall–Kier alpha value is -0.610. The Morgan fingerprint density at radius 3 is 2.77 bits per heavy atom. The molecule has 13 heavy (non-hydrogen) atoms. The lowest BCUT2D eigenvalue weighted by molar-refractivity contribution is 1.32. The molecule has 0 aliphatic heterocycles. The van der Waals surface area contributed by atoms with Crippen LogP contribution in [0.25, 0.3) is 10.8 Å². The van der Waals surface area contributed by atoms with E-state index in [1.807, 2.05) is 24.3 Å². The minimum Gasteiger partial charge on any atom is -0.384 e. The van der Waals surface area contributed by atoms with Crippen LogP contribution in [0.1, 0.15) is 0 Å². The zero-order valence-corrected chi connectivity index (χ0v) is 9.76. The van der Waals surface area contributed by atoms with Crippen molar-refractivity contribution in [3.8, 4) is 0 Å². The van der Waals surface area contributed by atoms with Gasteiger partial charge in [0.15, 0.2) is 0 Å². The molecule has 0 amide bonds. The van der Waals surface area contributed by atoms with Gasteiger partial charge in [-0.05, 0) is 33.4 Å². The van der Waals surface area contributed by atoms with Crippen molar-refractivity contribution in [2.75, 3.05) is 5.73 Å². The second kappa shape index (κ2) is 3.27. The van der Waals surface area contributed by atoms with E-state index in [1.54, 1.807) is 0 Å². The molecule has 2 aromatic rings. The Labute approximate surface area is 92.4 Å². The normalized spacial score (nSPS) is 10.6. The molecule has 1 aromatic heterocycles. The van der Waals surface area contributed by atoms with Gasteiger partial charge in [-0.2, -0.15) is 0 Å². The highest BCUT2D eigenvalue weighted by Gasteiger charge is 2.04. The first-order chi connectivity index (χ1) is 6.18. The van der Waals surface area contributed by atoms with E-state index >= 15 is 0 Å². The van der Waals surface area contributed by atoms with E-state index in [-0.39, 0.29) is 0 Å². The average Bonchev–Trinajstić information content (AvgIpc) is 2.02. The van der Waals surface area contributed by atoms with Gasteiger partial charge < -0.3 is 5.73 Å². The Balaban J connectivity index is 2.94. The Kier molecular flexibility index (Phi) is 2.26. The highest BCUT2D eigenvalue weighted by molar-refractivity contribution is 9.11. The third-order valence-electron chi connectivity index (χ3n) is 1.78. The van der Waals surface area contributed by atoms with E-state index in [4.69, 9.17) is 5.73 Å². The van der Waals surface area contributed by atoms with Crippen LogP contribution in [-0.2, 0) is 0 Å². The van der Waals surface area contributed by atoms with E-state index in [1.165, 1.54) is 0 Å². The largest absolute Gasteiger partial charge is 0.384 e. The second-order valence-electron chi connectivity index (χ2n) is 2.68. The number of hydrogen-bond acceptors (Lipinski definition) is 2. The molecule has 0 aliphatic rings. The van der Waals surface area contributed by atoms with E-state index in [0.717, 1.165) is 19.8 Å². The Bertz CT molecular complexity index is 468. The number of hydrogen-bond donors (Lipinski definition) is 1. The summed E-state index contributed by atoms with van der Waals surface area (Å²) in [4.78, 5) is 4.13. The molecule has 0 saturated heterocycles. The van der Waals surface area contributed by atoms with Crippen LogP contribution < -0.4 is 5.73 Å². The molecule has 4 heteroatoms. The zero-order valence-electron chi connectivity index (χ0n) is 6.59. The predicted octanol–water partition coefficient (Wildman–Crippen LogP) is 3.34. The molecule has 0 spiro atoms. The molecule has 0 saturated carbocycles. The van der Waals surface area contributed by atoms with Crippen molar-refractivity contribution in [3.63, 3.8) is 0 Å². The maximum atomic E-state index is 5.62. The zero-order chi connectivity index (χ0) is 9.42. The van der Waals surface area contributed by atoms with Crippen molar-refractivity contribution in [3.05, 3.63) is 33.3 Å². The molecule has 1 heterocycles. The second-order valence-corrected chi connectivity index (χ2v) is 4.28. The first-order valence-corrected chi connectivity index (χ1v) is 5.27. The topological polar surface area (TPSA) is 38.9 Å². The maximum Gasteiger partial charge on any atom is 0.125 e. The van der Waals surface area contributed by atoms with Gasteiger partial charge in [0.1, 0.15) is 10.4 Å². The lowest BCUT2D eigenvalue weighted by Crippen LogP contribution is -1.91. The number of rotatable bonds is 0. The molecule has 0 fully saturated rings. The summed E-state index contributed by atoms with van der Waals surface area (Å²) < 4.78 is 1.79. The van der Waals surface area contributed by atoms with Crippen molar-refractivity contribution in [2.45, 2.75) is 0 Å². The lowest BCUT2D eigenvalue weighted by Gasteiger charge is -2.03. The van der Waals surface area contributed by atoms with Crippen LogP contribution in [0.15, 0.2) is 33.3 Å². The Morgan fingerprint density at radius 2 is 2.00 bits per heavy atom. The van der Waals surface area contributed by atoms with Gasteiger partial charge in [-0.15, -0.1) is 0 Å². The molecule has 0 bridgehead atoms. The van der Waals surface area contributed by atoms with E-state index < -0.39 is 0 Å². The van der Waals surface area contributed by atoms with Crippen LogP contribution in [0.4, 0.5) is 5.82 Å². The quantitative estimate of drug-likeness (QED) is 0.758. The van der Waals surface area contributed by atoms with E-state index in [9.17, 15) is 0 Å². The van der Waals surface area contributed by atoms with Crippen LogP contribution in [0.3, 0.4) is 0 Å². The number of nitrogens with two attached hydrogens (primary N) is 1. The fourth-order valence-corrected chi connectivity index (χ4v) is 2.72. The summed E-state index contributed by atoms with van der Waals surface area (Å²) in [5, 5.41) is 2.13. The number of aromatic nitrogens is 1. The number of nitrogens with zero attached hydrogens (tertiary/aromatic N) is 1. The maximum absolute atomic E-state index is 5.62. The minimum absolute atomic E-state index is 0.525. The van der Waals surface area contributed by atoms with Crippen molar-refractivity contribution in [2.24, 2.45) is 0 Å². The predicted molar refractivity (Wildman–Crippen MR) is 61.6 cm³/mol. The monoisotopic (exact) mass is 300 g/mol. The lowest BCUT2D eigenvalue weighted by atomic mass is 10.2. The molecule has 2 rings (SSSR count). The number of halogens is 2. The first kappa shape index (κ1) is 8.97. The molecule has 1 aromatic carbocycles. The number of anilines is 1. The number of pyridine rings is 1. The van der Waals surface area contributed by atoms with Crippen molar-refractivity contribution in [1.29, 1.82) is 0 Å². The summed E-state index contributed by atoms with van der Waals surface area (Å²) in [7, 11) is 0. The summed E-state index contributed by atoms with van der Waals surface area (Å²) in [6.07, 6.45) is 0. The van der Waals surface area contributed by atoms with Gasteiger partial charge in [0.25, 0.3) is 0 Å². The third-order valence-corrected chi connectivity index (χ3v) is 3.02. The molecule has 66 valence electrons. The van der Waals surface area contributed by atoms with Gasteiger partial charge in [-0.3, -0.25) is 0 Å². The van der Waals surface area contributed by atoms with Crippen LogP contribution in [0, 0.1) is 0 Å². The van der Waals surface area contributed by atoms with Crippen LogP contribution in [0.5, 0.6) is 0 Å². The molecular weight excluding hydrogens is 296 g/mol. The summed E-state index contributed by atoms with van der Waals surface area (Å²) in [5.41, 5.74) is 5.62. The van der Waals surface area contributed by atoms with Crippen LogP contribution in [-0.4, -0.2) is 4.98 Å². The van der Waals surface area contributed by atoms with Gasteiger partial charge >= 0.3 is 0 Å². The number of benzene rings is 1. The highest BCUT2D eigenvalue weighted by atomic mass is 79.9. The van der Waals surface area contributed by atoms with E-state index in [2.05, 4.69) is 36.8 Å². The fraction of sp³-hybridized carbons (Fsp3) is 0. The van der Waals surface area contributed by atoms with Gasteiger partial charge in [0.2, 0.25) is 0 Å². The Morgan fingerprint density at radius 1 is 1.23 bits per heavy atom. The first-order valence-electron chi connectivity index (χ1n) is 3.69. The van der Waals surface area contributed by atoms with Crippen LogP contribution in [0.2, 0.25) is 0 Å². The fourth-order valence-electron chi connectivity index (χ4n) is 1.24. The van der Waals surface area contributed by atoms with Crippen molar-refractivity contribution >= 4 is 48.5 Å². The SMILES string of the molecule is Nc1cc2cccc(Br)c2c(Br)n1. The molecule has 0 radical (unpaired) electrons. The molecule has 0 aliphatic carbocycles. The van der Waals surface area contributed by atoms with Crippen molar-refractivity contribution in [1.82, 2.24) is 4.98 Å². The molecule has 0 unspecified atom stereocenters. The van der Waals surface area contributed by atoms with Gasteiger partial charge in [0, 0.05) is 9.86 Å². The summed E-state index contributed by atoms with van der Waals surface area (Å²) >= 11 is 6.84. The summed E-state index contributed by atoms with van der Waals surface area (Å²) in [6, 6.07) is 7.80. The van der Waals surface area contributed by atoms with Gasteiger partial charge in [0.05, 0.1) is 0 Å². The standard InChI is InChI=1S/C9H6Br2N2/c10-6-3-1-2-5-4-7(12)13-9(11)8(5)6/h1-4H,(H2,12,13). The molecular formula is C9H6Br2N2. The van der Waals surface area contributed by atoms with Crippen molar-refractivity contribution < 1.29 is 0 Å². The third kappa shape index (κ3) is 1.56. The average molecular weight is 302 g/mol. The minimum atomic E-state index is 0.525. The number of fused-ring (bicyclic) bond motifs is 1. The van der Waals surface area contributed by atoms with E-state index in [0.29, 0.717) is 5.82 Å². The van der Waals surface area contributed by atoms with Gasteiger partial charge in [-0.25, -0.2) is 4.98 Å². The molecule has 2 nitrogen and oxygen atoms in total. The van der Waals surface area contributed by atoms with Crippen LogP contribution >= 0.6 is 31.9 Å². The van der Waals surface area contributed by atoms with Gasteiger partial charge in [-0.1, -0.05) is 28.1 Å². The smallest absolute Gasteiger partial charge is 0.125 e. The summed E-state index contributed by atoms with van der Waals surface area (Å²) in [6.45, 7) is 0. The highest BCUT2D eigenvalue weighted by Crippen LogP contribution is 2.30. The molecule has 0 atom stereocenters. The molecule has 2 N–H and O–H groups in total. The summed E-state index contributed by atoms with van der Waals surface area (Å²) in [5.74, 6) is 0.525. The number of nitrogen functional groups attached to an aromatic ring is 1.